The Morgan fingerprint density at radius 2 is 1.97 bits per heavy atom. The van der Waals surface area contributed by atoms with Crippen molar-refractivity contribution in [2.75, 3.05) is 12.4 Å². The number of amides is 1. The van der Waals surface area contributed by atoms with Crippen molar-refractivity contribution in [3.63, 3.8) is 0 Å². The van der Waals surface area contributed by atoms with Crippen molar-refractivity contribution in [1.82, 2.24) is 4.98 Å². The molecule has 1 atom stereocenters. The first kappa shape index (κ1) is 20.1. The van der Waals surface area contributed by atoms with Crippen LogP contribution in [-0.2, 0) is 9.63 Å². The molecular formula is C23H20N4O4. The first-order valence-electron chi connectivity index (χ1n) is 9.59. The lowest BCUT2D eigenvalue weighted by Gasteiger charge is -2.12. The smallest absolute Gasteiger partial charge is 0.268 e. The number of carbonyl (C=O) groups excluding carboxylic acids is 1. The van der Waals surface area contributed by atoms with Crippen LogP contribution in [0, 0.1) is 0 Å². The Labute approximate surface area is 178 Å². The fourth-order valence-corrected chi connectivity index (χ4v) is 3.26. The lowest BCUT2D eigenvalue weighted by atomic mass is 10.0. The van der Waals surface area contributed by atoms with Crippen LogP contribution in [0.25, 0.3) is 0 Å². The molecule has 8 nitrogen and oxygen atoms in total. The van der Waals surface area contributed by atoms with Gasteiger partial charge in [-0.3, -0.25) is 9.78 Å². The van der Waals surface area contributed by atoms with Crippen molar-refractivity contribution in [3.8, 4) is 5.75 Å². The maximum atomic E-state index is 12.6. The number of pyridine rings is 1. The number of nitrogens with zero attached hydrogens (tertiary/aromatic N) is 3. The zero-order chi connectivity index (χ0) is 21.6. The van der Waals surface area contributed by atoms with Gasteiger partial charge in [0, 0.05) is 41.2 Å². The predicted octanol–water partition coefficient (Wildman–Crippen LogP) is 3.45. The average Bonchev–Trinajstić information content (AvgIpc) is 3.32. The number of aromatic nitrogens is 1. The van der Waals surface area contributed by atoms with E-state index in [0.717, 1.165) is 5.56 Å². The van der Waals surface area contributed by atoms with E-state index in [9.17, 15) is 10.0 Å². The summed E-state index contributed by atoms with van der Waals surface area (Å²) in [5, 5.41) is 19.8. The van der Waals surface area contributed by atoms with Crippen LogP contribution in [0.2, 0.25) is 0 Å². The summed E-state index contributed by atoms with van der Waals surface area (Å²) < 4.78 is 5.35. The number of ether oxygens (including phenoxy) is 1. The minimum atomic E-state index is -0.710. The van der Waals surface area contributed by atoms with Crippen molar-refractivity contribution in [2.24, 2.45) is 10.3 Å². The van der Waals surface area contributed by atoms with Gasteiger partial charge in [0.1, 0.15) is 11.5 Å². The van der Waals surface area contributed by atoms with Gasteiger partial charge >= 0.3 is 0 Å². The maximum Gasteiger partial charge on any atom is 0.268 e. The molecule has 0 spiro atoms. The van der Waals surface area contributed by atoms with Gasteiger partial charge in [0.25, 0.3) is 5.91 Å². The summed E-state index contributed by atoms with van der Waals surface area (Å²) in [6, 6.07) is 17.9. The Bertz CT molecular complexity index is 1130. The predicted molar refractivity (Wildman–Crippen MR) is 116 cm³/mol. The zero-order valence-electron chi connectivity index (χ0n) is 16.7. The highest BCUT2D eigenvalue weighted by Gasteiger charge is 2.29. The average molecular weight is 416 g/mol. The van der Waals surface area contributed by atoms with Crippen molar-refractivity contribution in [3.05, 3.63) is 89.7 Å². The molecule has 8 heteroatoms. The lowest BCUT2D eigenvalue weighted by molar-refractivity contribution is -0.125. The quantitative estimate of drug-likeness (QED) is 0.364. The summed E-state index contributed by atoms with van der Waals surface area (Å²) in [7, 11) is 1.56. The normalized spacial score (nSPS) is 15.7. The summed E-state index contributed by atoms with van der Waals surface area (Å²) in [6.07, 6.45) is 3.01. The van der Waals surface area contributed by atoms with E-state index in [1.807, 2.05) is 24.3 Å². The summed E-state index contributed by atoms with van der Waals surface area (Å²) in [6.45, 7) is 0. The number of methoxy groups -OCH3 is 1. The number of nitrogens with one attached hydrogen (secondary N) is 1. The Kier molecular flexibility index (Phi) is 5.89. The maximum absolute atomic E-state index is 12.6. The molecule has 0 fully saturated rings. The molecule has 2 aromatic carbocycles. The largest absolute Gasteiger partial charge is 0.496 e. The number of oxime groups is 2. The fourth-order valence-electron chi connectivity index (χ4n) is 3.26. The number of para-hydroxylation sites is 1. The molecule has 3 aromatic rings. The minimum absolute atomic E-state index is 0.295. The third-order valence-electron chi connectivity index (χ3n) is 4.84. The minimum Gasteiger partial charge on any atom is -0.496 e. The van der Waals surface area contributed by atoms with Crippen LogP contribution in [0.15, 0.2) is 83.4 Å². The Balaban J connectivity index is 1.42. The highest BCUT2D eigenvalue weighted by Crippen LogP contribution is 2.23. The van der Waals surface area contributed by atoms with E-state index in [2.05, 4.69) is 20.6 Å². The van der Waals surface area contributed by atoms with Gasteiger partial charge in [0.15, 0.2) is 0 Å². The highest BCUT2D eigenvalue weighted by atomic mass is 16.6. The molecule has 0 radical (unpaired) electrons. The molecule has 1 unspecified atom stereocenters. The van der Waals surface area contributed by atoms with Crippen LogP contribution >= 0.6 is 0 Å². The van der Waals surface area contributed by atoms with E-state index in [-0.39, 0.29) is 5.91 Å². The first-order valence-corrected chi connectivity index (χ1v) is 9.59. The van der Waals surface area contributed by atoms with Gasteiger partial charge in [0.05, 0.1) is 12.8 Å². The second-order valence-corrected chi connectivity index (χ2v) is 6.79. The van der Waals surface area contributed by atoms with Crippen LogP contribution in [0.5, 0.6) is 5.75 Å². The number of anilines is 1. The van der Waals surface area contributed by atoms with E-state index in [4.69, 9.17) is 9.57 Å². The molecule has 0 aliphatic carbocycles. The standard InChI is InChI=1S/C23H20N4O4/c1-30-20-7-3-2-6-18(20)22(26-29)15-8-10-17(11-9-15)25-23(28)21-13-19(27-31-21)16-5-4-12-24-14-16/h2-12,14,21,29H,13H2,1H3,(H,25,28)/b26-22-. The molecule has 1 aromatic heterocycles. The van der Waals surface area contributed by atoms with Gasteiger partial charge in [-0.2, -0.15) is 0 Å². The summed E-state index contributed by atoms with van der Waals surface area (Å²) >= 11 is 0. The third kappa shape index (κ3) is 4.37. The molecule has 156 valence electrons. The molecule has 31 heavy (non-hydrogen) atoms. The topological polar surface area (TPSA) is 105 Å². The molecule has 2 heterocycles. The lowest BCUT2D eigenvalue weighted by Crippen LogP contribution is -2.28. The summed E-state index contributed by atoms with van der Waals surface area (Å²) in [5.74, 6) is 0.298. The molecule has 1 aliphatic heterocycles. The van der Waals surface area contributed by atoms with Gasteiger partial charge in [-0.15, -0.1) is 0 Å². The Hall–Kier alpha value is -4.20. The zero-order valence-corrected chi connectivity index (χ0v) is 16.7. The van der Waals surface area contributed by atoms with Crippen LogP contribution < -0.4 is 10.1 Å². The van der Waals surface area contributed by atoms with Crippen molar-refractivity contribution in [1.29, 1.82) is 0 Å². The number of benzene rings is 2. The second kappa shape index (κ2) is 9.08. The molecular weight excluding hydrogens is 396 g/mol. The van der Waals surface area contributed by atoms with Crippen LogP contribution in [-0.4, -0.2) is 40.7 Å². The number of hydrogen-bond donors (Lipinski definition) is 2. The van der Waals surface area contributed by atoms with E-state index < -0.39 is 6.10 Å². The first-order chi connectivity index (χ1) is 15.2. The molecule has 0 saturated carbocycles. The van der Waals surface area contributed by atoms with E-state index in [1.54, 1.807) is 55.9 Å². The van der Waals surface area contributed by atoms with E-state index >= 15 is 0 Å². The summed E-state index contributed by atoms with van der Waals surface area (Å²) in [5.41, 5.74) is 3.79. The number of rotatable bonds is 6. The monoisotopic (exact) mass is 416 g/mol. The third-order valence-corrected chi connectivity index (χ3v) is 4.84. The van der Waals surface area contributed by atoms with Gasteiger partial charge < -0.3 is 20.1 Å². The molecule has 4 rings (SSSR count). The van der Waals surface area contributed by atoms with Crippen LogP contribution in [0.4, 0.5) is 5.69 Å². The van der Waals surface area contributed by atoms with Crippen molar-refractivity contribution < 1.29 is 19.6 Å². The highest BCUT2D eigenvalue weighted by molar-refractivity contribution is 6.14. The number of carbonyl (C=O) groups is 1. The number of hydrogen-bond acceptors (Lipinski definition) is 7. The second-order valence-electron chi connectivity index (χ2n) is 6.79. The van der Waals surface area contributed by atoms with E-state index in [0.29, 0.717) is 40.4 Å². The van der Waals surface area contributed by atoms with Crippen molar-refractivity contribution in [2.45, 2.75) is 12.5 Å². The molecule has 1 aliphatic rings. The van der Waals surface area contributed by atoms with Gasteiger partial charge in [-0.1, -0.05) is 34.6 Å². The molecule has 0 saturated heterocycles. The SMILES string of the molecule is COc1ccccc1/C(=N\O)c1ccc(NC(=O)C2CC(c3cccnc3)=NO2)cc1. The van der Waals surface area contributed by atoms with Gasteiger partial charge in [-0.25, -0.2) is 0 Å². The van der Waals surface area contributed by atoms with Crippen molar-refractivity contribution >= 4 is 23.0 Å². The van der Waals surface area contributed by atoms with E-state index in [1.165, 1.54) is 0 Å². The Morgan fingerprint density at radius 1 is 1.16 bits per heavy atom. The summed E-state index contributed by atoms with van der Waals surface area (Å²) in [4.78, 5) is 21.9. The Morgan fingerprint density at radius 3 is 2.68 bits per heavy atom. The molecule has 2 N–H and O–H groups in total. The van der Waals surface area contributed by atoms with Gasteiger partial charge in [-0.05, 0) is 36.4 Å². The molecule has 1 amide bonds. The van der Waals surface area contributed by atoms with Gasteiger partial charge in [0.2, 0.25) is 6.10 Å². The van der Waals surface area contributed by atoms with Crippen LogP contribution in [0.3, 0.4) is 0 Å². The fraction of sp³-hybridized carbons (Fsp3) is 0.130. The molecule has 0 bridgehead atoms. The van der Waals surface area contributed by atoms with Crippen LogP contribution in [0.1, 0.15) is 23.1 Å².